The Bertz CT molecular complexity index is 2450. The molecule has 0 aliphatic rings. The molecule has 0 aromatic heterocycles. The molecular weight excluding hydrogens is 1110 g/mol. The lowest BCUT2D eigenvalue weighted by atomic mass is 10.0. The molecule has 8 atom stereocenters. The van der Waals surface area contributed by atoms with E-state index in [1.807, 2.05) is 0 Å². The number of hydrogen-bond donors (Lipinski definition) is 19. The maximum Gasteiger partial charge on any atom is 0.243 e. The second-order valence-corrected chi connectivity index (χ2v) is 20.2. The van der Waals surface area contributed by atoms with Crippen molar-refractivity contribution in [3.63, 3.8) is 0 Å². The van der Waals surface area contributed by atoms with E-state index in [0.717, 1.165) is 0 Å². The largest absolute Gasteiger partial charge is 0.508 e. The van der Waals surface area contributed by atoms with E-state index in [0.29, 0.717) is 24.2 Å². The van der Waals surface area contributed by atoms with E-state index >= 15 is 0 Å². The number of aliphatic imine (C=N–C) groups is 3. The molecule has 28 N–H and O–H groups in total. The van der Waals surface area contributed by atoms with Crippen LogP contribution in [0.5, 0.6) is 5.75 Å². The predicted octanol–water partition coefficient (Wildman–Crippen LogP) is -6.46. The van der Waals surface area contributed by atoms with Crippen molar-refractivity contribution in [3.8, 4) is 18.1 Å². The average Bonchev–Trinajstić information content (AvgIpc) is 3.44. The first kappa shape index (κ1) is 73.4. The number of primary amides is 2. The summed E-state index contributed by atoms with van der Waals surface area (Å²) in [6.07, 6.45) is 7.38. The molecule has 1 aromatic carbocycles. The highest BCUT2D eigenvalue weighted by molar-refractivity contribution is 7.98. The van der Waals surface area contributed by atoms with Crippen LogP contribution in [0.2, 0.25) is 0 Å². The van der Waals surface area contributed by atoms with Crippen molar-refractivity contribution in [1.82, 2.24) is 48.1 Å². The quantitative estimate of drug-likeness (QED) is 0.00950. The SMILES string of the molecule is C#CCCC(=O)NN[C@H](CCCN=C(N)N)C(=O)N[C@@H](C)C(=O)N[C@H](CCCCN)C(=O)N[C@@H](CCCN=C(N)N)C(=O)N[C@H](CCCN=C(N)N)C(=O)N[C@@H](CCSC)C(=O)N[C@H](CCC(N)=O)C(=O)N[C@@H](Cc1ccc(O)cc1)C(N)=O. The van der Waals surface area contributed by atoms with Gasteiger partial charge >= 0.3 is 0 Å². The van der Waals surface area contributed by atoms with Gasteiger partial charge in [0.1, 0.15) is 54.1 Å². The fraction of sp³-hybridized carbons (Fsp3) is 0.588. The Morgan fingerprint density at radius 3 is 1.36 bits per heavy atom. The predicted molar refractivity (Wildman–Crippen MR) is 317 cm³/mol. The topological polar surface area (TPSA) is 570 Å². The number of nitrogens with one attached hydrogen (secondary N) is 9. The summed E-state index contributed by atoms with van der Waals surface area (Å²) in [5, 5.41) is 27.9. The number of guanidine groups is 3. The molecule has 0 spiro atoms. The van der Waals surface area contributed by atoms with E-state index in [-0.39, 0.29) is 133 Å². The number of carbonyl (C=O) groups is 10. The molecule has 468 valence electrons. The number of thioether (sulfide) groups is 1. The van der Waals surface area contributed by atoms with Crippen molar-refractivity contribution in [2.24, 2.45) is 66.6 Å². The number of carbonyl (C=O) groups excluding carboxylic acids is 10. The van der Waals surface area contributed by atoms with Crippen LogP contribution in [0.15, 0.2) is 39.2 Å². The van der Waals surface area contributed by atoms with Crippen LogP contribution in [0.1, 0.15) is 102 Å². The van der Waals surface area contributed by atoms with Crippen LogP contribution in [0.3, 0.4) is 0 Å². The fourth-order valence-electron chi connectivity index (χ4n) is 7.68. The summed E-state index contributed by atoms with van der Waals surface area (Å²) in [5.74, 6) is -6.25. The van der Waals surface area contributed by atoms with E-state index < -0.39 is 107 Å². The maximum atomic E-state index is 14.5. The highest BCUT2D eigenvalue weighted by Crippen LogP contribution is 2.13. The Labute approximate surface area is 492 Å². The van der Waals surface area contributed by atoms with Crippen molar-refractivity contribution in [2.45, 2.75) is 152 Å². The second kappa shape index (κ2) is 41.4. The van der Waals surface area contributed by atoms with Gasteiger partial charge in [-0.05, 0) is 114 Å². The van der Waals surface area contributed by atoms with Crippen LogP contribution in [-0.4, -0.2) is 169 Å². The van der Waals surface area contributed by atoms with Crippen LogP contribution in [0.4, 0.5) is 0 Å². The molecule has 0 fully saturated rings. The van der Waals surface area contributed by atoms with Crippen molar-refractivity contribution in [3.05, 3.63) is 29.8 Å². The highest BCUT2D eigenvalue weighted by Gasteiger charge is 2.34. The van der Waals surface area contributed by atoms with E-state index in [2.05, 4.69) is 69.0 Å². The normalized spacial score (nSPS) is 13.5. The number of terminal acetylenes is 1. The van der Waals surface area contributed by atoms with Crippen molar-refractivity contribution in [1.29, 1.82) is 0 Å². The summed E-state index contributed by atoms with van der Waals surface area (Å²) < 4.78 is 0. The molecule has 0 bridgehead atoms. The zero-order chi connectivity index (χ0) is 63.1. The molecule has 0 aliphatic carbocycles. The van der Waals surface area contributed by atoms with Crippen LogP contribution in [0, 0.1) is 12.3 Å². The lowest BCUT2D eigenvalue weighted by molar-refractivity contribution is -0.136. The first-order valence-corrected chi connectivity index (χ1v) is 28.5. The van der Waals surface area contributed by atoms with Crippen LogP contribution >= 0.6 is 11.8 Å². The van der Waals surface area contributed by atoms with Gasteiger partial charge < -0.3 is 93.9 Å². The number of phenolic OH excluding ortho intramolecular Hbond substituents is 1. The number of unbranched alkanes of at least 4 members (excludes halogenated alkanes) is 1. The number of hydrazine groups is 1. The van der Waals surface area contributed by atoms with Crippen molar-refractivity contribution in [2.75, 3.05) is 38.2 Å². The zero-order valence-electron chi connectivity index (χ0n) is 47.6. The maximum absolute atomic E-state index is 14.5. The molecule has 0 heterocycles. The third kappa shape index (κ3) is 32.1. The first-order valence-electron chi connectivity index (χ1n) is 27.1. The molecule has 33 heteroatoms. The molecule has 84 heavy (non-hydrogen) atoms. The number of rotatable bonds is 43. The number of nitrogens with zero attached hydrogens (tertiary/aromatic N) is 3. The van der Waals surface area contributed by atoms with Gasteiger partial charge in [-0.2, -0.15) is 11.8 Å². The number of benzene rings is 1. The number of nitrogens with two attached hydrogens (primary N) is 9. The highest BCUT2D eigenvalue weighted by atomic mass is 32.2. The van der Waals surface area contributed by atoms with E-state index in [4.69, 9.17) is 58.0 Å². The molecule has 1 rings (SSSR count). The number of hydrogen-bond acceptors (Lipinski definition) is 17. The summed E-state index contributed by atoms with van der Waals surface area (Å²) in [6.45, 7) is 1.74. The summed E-state index contributed by atoms with van der Waals surface area (Å²) in [7, 11) is 0. The number of amides is 10. The van der Waals surface area contributed by atoms with Gasteiger partial charge in [-0.15, -0.1) is 12.3 Å². The van der Waals surface area contributed by atoms with Gasteiger partial charge in [0.25, 0.3) is 0 Å². The Morgan fingerprint density at radius 2 is 0.940 bits per heavy atom. The molecule has 0 saturated carbocycles. The van der Waals surface area contributed by atoms with E-state index in [1.54, 1.807) is 6.26 Å². The lowest BCUT2D eigenvalue weighted by Crippen LogP contribution is -2.60. The van der Waals surface area contributed by atoms with Gasteiger partial charge in [-0.25, -0.2) is 5.43 Å². The Balaban J connectivity index is 3.59. The molecule has 10 amide bonds. The summed E-state index contributed by atoms with van der Waals surface area (Å²) in [6, 6.07) is -4.93. The van der Waals surface area contributed by atoms with Gasteiger partial charge in [-0.3, -0.25) is 68.3 Å². The van der Waals surface area contributed by atoms with E-state index in [9.17, 15) is 53.1 Å². The second-order valence-electron chi connectivity index (χ2n) is 19.2. The van der Waals surface area contributed by atoms with Gasteiger partial charge in [-0.1, -0.05) is 12.1 Å². The minimum Gasteiger partial charge on any atom is -0.508 e. The van der Waals surface area contributed by atoms with Crippen LogP contribution in [-0.2, 0) is 54.4 Å². The van der Waals surface area contributed by atoms with Gasteiger partial charge in [0.05, 0.1) is 0 Å². The molecule has 0 saturated heterocycles. The van der Waals surface area contributed by atoms with E-state index in [1.165, 1.54) is 43.0 Å². The third-order valence-electron chi connectivity index (χ3n) is 12.2. The molecule has 0 aliphatic heterocycles. The zero-order valence-corrected chi connectivity index (χ0v) is 48.4. The Morgan fingerprint density at radius 1 is 0.536 bits per heavy atom. The van der Waals surface area contributed by atoms with Crippen LogP contribution in [0.25, 0.3) is 0 Å². The van der Waals surface area contributed by atoms with Gasteiger partial charge in [0, 0.05) is 45.3 Å². The Hall–Kier alpha value is -8.64. The summed E-state index contributed by atoms with van der Waals surface area (Å²) in [5.41, 5.74) is 55.4. The monoisotopic (exact) mass is 1200 g/mol. The van der Waals surface area contributed by atoms with Gasteiger partial charge in [0.15, 0.2) is 17.9 Å². The molecule has 32 nitrogen and oxygen atoms in total. The average molecular weight is 1200 g/mol. The molecule has 0 radical (unpaired) electrons. The van der Waals surface area contributed by atoms with Gasteiger partial charge in [0.2, 0.25) is 59.1 Å². The Kier molecular flexibility index (Phi) is 36.1. The first-order chi connectivity index (χ1) is 39.8. The number of phenols is 1. The van der Waals surface area contributed by atoms with Crippen LogP contribution < -0.4 is 99.7 Å². The lowest BCUT2D eigenvalue weighted by Gasteiger charge is -2.28. The summed E-state index contributed by atoms with van der Waals surface area (Å²) >= 11 is 1.32. The summed E-state index contributed by atoms with van der Waals surface area (Å²) in [4.78, 5) is 147. The van der Waals surface area contributed by atoms with Crippen molar-refractivity contribution < 1.29 is 53.1 Å². The molecular formula is C51H87N21O11S. The number of aromatic hydroxyl groups is 1. The smallest absolute Gasteiger partial charge is 0.243 e. The fourth-order valence-corrected chi connectivity index (χ4v) is 8.15. The minimum atomic E-state index is -1.48. The van der Waals surface area contributed by atoms with Crippen molar-refractivity contribution >= 4 is 88.7 Å². The molecule has 0 unspecified atom stereocenters. The minimum absolute atomic E-state index is 0.00328. The molecule has 1 aromatic rings. The standard InChI is InChI=1S/C51H87N21O11S/c1-4-5-15-40(75)72-71-37(14-10-26-63-51(59)60)48(83)64-29(2)42(77)65-32(11-6-7-23-52)43(78)66-33(12-8-24-61-49(55)56)44(79)67-34(13-9-25-62-50(57)58)45(80)69-36(22-27-84-3)47(82)68-35(20-21-39(53)74)46(81)70-38(41(54)76)28-30-16-18-31(73)19-17-30/h1,16-19,29,32-38,71,73H,5-15,20-28,52H2,2-3H3,(H2,53,74)(H2,54,76)(H,64,83)(H,65,77)(H,66,78)(H,67,79)(H,68,82)(H,69,80)(H,70,81)(H,72,75)(H4,55,56,61)(H4,57,58,62)(H4,59,60,63)/t29-,32+,33-,34+,35+,36-,37+,38-/m0/s1. The third-order valence-corrected chi connectivity index (χ3v) is 12.9.